The standard InChI is InChI=1S/C32H52O6SSi/c1-24(2)40(25(3)4,26(5)6)38-21-28(8)32(39(34,35)30-17-13-10-14-18-30)31(33)19-27(7)20-36-23-37-22-29-15-11-9-12-16-29/h9-18,24-28,31-33H,19-23H2,1-8H3/t27-,28+,31?,32?/m1/s1. The summed E-state index contributed by atoms with van der Waals surface area (Å²) in [5.74, 6) is -0.460. The second-order valence-electron chi connectivity index (χ2n) is 12.2. The first kappa shape index (κ1) is 34.6. The van der Waals surface area contributed by atoms with Crippen molar-refractivity contribution < 1.29 is 27.4 Å². The van der Waals surface area contributed by atoms with Crippen molar-refractivity contribution in [1.82, 2.24) is 0 Å². The Morgan fingerprint density at radius 1 is 0.750 bits per heavy atom. The van der Waals surface area contributed by atoms with Crippen LogP contribution in [0.4, 0.5) is 0 Å². The van der Waals surface area contributed by atoms with Gasteiger partial charge in [-0.15, -0.1) is 0 Å². The molecule has 8 heteroatoms. The van der Waals surface area contributed by atoms with Crippen molar-refractivity contribution in [3.63, 3.8) is 0 Å². The van der Waals surface area contributed by atoms with Gasteiger partial charge in [-0.05, 0) is 52.6 Å². The summed E-state index contributed by atoms with van der Waals surface area (Å²) in [6.45, 7) is 18.4. The normalized spacial score (nSPS) is 15.9. The van der Waals surface area contributed by atoms with Crippen molar-refractivity contribution >= 4 is 18.2 Å². The molecule has 0 amide bonds. The molecule has 4 atom stereocenters. The summed E-state index contributed by atoms with van der Waals surface area (Å²) in [5.41, 5.74) is 2.22. The number of aliphatic hydroxyl groups excluding tert-OH is 1. The maximum absolute atomic E-state index is 13.9. The Bertz CT molecular complexity index is 1050. The molecule has 0 aliphatic rings. The Balaban J connectivity index is 2.13. The van der Waals surface area contributed by atoms with E-state index in [1.165, 1.54) is 0 Å². The molecule has 1 N–H and O–H groups in total. The maximum Gasteiger partial charge on any atom is 0.200 e. The second kappa shape index (κ2) is 16.2. The molecule has 0 radical (unpaired) electrons. The summed E-state index contributed by atoms with van der Waals surface area (Å²) in [5, 5.41) is 10.4. The lowest BCUT2D eigenvalue weighted by atomic mass is 9.96. The first-order valence-electron chi connectivity index (χ1n) is 14.6. The molecule has 40 heavy (non-hydrogen) atoms. The lowest BCUT2D eigenvalue weighted by molar-refractivity contribution is -0.0736. The fourth-order valence-electron chi connectivity index (χ4n) is 6.19. The molecule has 0 aromatic heterocycles. The molecule has 6 nitrogen and oxygen atoms in total. The largest absolute Gasteiger partial charge is 0.416 e. The van der Waals surface area contributed by atoms with Crippen molar-refractivity contribution in [2.75, 3.05) is 20.0 Å². The van der Waals surface area contributed by atoms with Crippen molar-refractivity contribution in [3.05, 3.63) is 66.2 Å². The summed E-state index contributed by atoms with van der Waals surface area (Å²) >= 11 is 0. The Hall–Kier alpha value is -1.55. The van der Waals surface area contributed by atoms with Crippen LogP contribution in [-0.2, 0) is 30.3 Å². The van der Waals surface area contributed by atoms with Crippen LogP contribution in [0.15, 0.2) is 65.6 Å². The van der Waals surface area contributed by atoms with Gasteiger partial charge in [-0.1, -0.05) is 104 Å². The third-order valence-corrected chi connectivity index (χ3v) is 16.5. The third kappa shape index (κ3) is 9.23. The molecular weight excluding hydrogens is 540 g/mol. The zero-order chi connectivity index (χ0) is 29.9. The fourth-order valence-corrected chi connectivity index (χ4v) is 13.8. The van der Waals surface area contributed by atoms with Crippen molar-refractivity contribution in [3.8, 4) is 0 Å². The van der Waals surface area contributed by atoms with Crippen LogP contribution < -0.4 is 0 Å². The van der Waals surface area contributed by atoms with E-state index in [1.54, 1.807) is 30.3 Å². The Kier molecular flexibility index (Phi) is 14.0. The fraction of sp³-hybridized carbons (Fsp3) is 0.625. The van der Waals surface area contributed by atoms with Gasteiger partial charge < -0.3 is 19.0 Å². The monoisotopic (exact) mass is 592 g/mol. The van der Waals surface area contributed by atoms with Gasteiger partial charge in [-0.25, -0.2) is 8.42 Å². The molecule has 0 bridgehead atoms. The summed E-state index contributed by atoms with van der Waals surface area (Å²) in [6, 6.07) is 18.3. The van der Waals surface area contributed by atoms with Crippen LogP contribution >= 0.6 is 0 Å². The van der Waals surface area contributed by atoms with Crippen LogP contribution in [0.25, 0.3) is 0 Å². The van der Waals surface area contributed by atoms with Gasteiger partial charge in [-0.2, -0.15) is 0 Å². The number of ether oxygens (including phenoxy) is 2. The van der Waals surface area contributed by atoms with Crippen LogP contribution in [0, 0.1) is 11.8 Å². The van der Waals surface area contributed by atoms with Crippen molar-refractivity contribution in [1.29, 1.82) is 0 Å². The van der Waals surface area contributed by atoms with Gasteiger partial charge in [0, 0.05) is 6.61 Å². The molecule has 2 unspecified atom stereocenters. The molecule has 0 aliphatic carbocycles. The van der Waals surface area contributed by atoms with Crippen LogP contribution in [-0.4, -0.2) is 53.2 Å². The Morgan fingerprint density at radius 3 is 1.80 bits per heavy atom. The van der Waals surface area contributed by atoms with Gasteiger partial charge in [0.25, 0.3) is 0 Å². The van der Waals surface area contributed by atoms with Gasteiger partial charge in [0.1, 0.15) is 6.79 Å². The molecule has 0 spiro atoms. The Morgan fingerprint density at radius 2 is 1.27 bits per heavy atom. The summed E-state index contributed by atoms with van der Waals surface area (Å²) in [7, 11) is -6.02. The van der Waals surface area contributed by atoms with Gasteiger partial charge in [0.15, 0.2) is 18.2 Å². The molecule has 226 valence electrons. The van der Waals surface area contributed by atoms with Crippen LogP contribution in [0.5, 0.6) is 0 Å². The zero-order valence-electron chi connectivity index (χ0n) is 25.7. The lowest BCUT2D eigenvalue weighted by Crippen LogP contribution is -2.50. The smallest absolute Gasteiger partial charge is 0.200 e. The SMILES string of the molecule is CC(C)[Si](OC[C@H](C)C(C(O)C[C@@H](C)COCOCc1ccccc1)S(=O)(=O)c1ccccc1)(C(C)C)C(C)C. The lowest BCUT2D eigenvalue weighted by Gasteiger charge is -2.43. The minimum atomic E-state index is -3.81. The molecule has 2 aromatic rings. The average molecular weight is 593 g/mol. The van der Waals surface area contributed by atoms with Crippen LogP contribution in [0.2, 0.25) is 16.6 Å². The van der Waals surface area contributed by atoms with Crippen LogP contribution in [0.3, 0.4) is 0 Å². The molecular formula is C32H52O6SSi. The molecule has 0 fully saturated rings. The van der Waals surface area contributed by atoms with E-state index in [1.807, 2.05) is 44.2 Å². The highest BCUT2D eigenvalue weighted by Crippen LogP contribution is 2.43. The Labute approximate surface area is 244 Å². The van der Waals surface area contributed by atoms with Gasteiger partial charge >= 0.3 is 0 Å². The first-order chi connectivity index (χ1) is 18.8. The van der Waals surface area contributed by atoms with E-state index < -0.39 is 35.4 Å². The topological polar surface area (TPSA) is 82.1 Å². The van der Waals surface area contributed by atoms with Crippen molar-refractivity contribution in [2.45, 2.75) is 101 Å². The average Bonchev–Trinajstić information content (AvgIpc) is 2.89. The highest BCUT2D eigenvalue weighted by Gasteiger charge is 2.46. The van der Waals surface area contributed by atoms with E-state index >= 15 is 0 Å². The molecule has 2 aromatic carbocycles. The molecule has 0 heterocycles. The molecule has 0 saturated heterocycles. The molecule has 0 saturated carbocycles. The highest BCUT2D eigenvalue weighted by molar-refractivity contribution is 7.92. The van der Waals surface area contributed by atoms with Crippen molar-refractivity contribution in [2.24, 2.45) is 11.8 Å². The zero-order valence-corrected chi connectivity index (χ0v) is 27.6. The van der Waals surface area contributed by atoms with E-state index in [9.17, 15) is 13.5 Å². The van der Waals surface area contributed by atoms with Gasteiger partial charge in [-0.3, -0.25) is 0 Å². The number of hydrogen-bond donors (Lipinski definition) is 1. The number of aliphatic hydroxyl groups is 1. The molecule has 2 rings (SSSR count). The molecule has 0 aliphatic heterocycles. The maximum atomic E-state index is 13.9. The summed E-state index contributed by atoms with van der Waals surface area (Å²) < 4.78 is 45.9. The third-order valence-electron chi connectivity index (χ3n) is 8.00. The van der Waals surface area contributed by atoms with E-state index in [4.69, 9.17) is 13.9 Å². The van der Waals surface area contributed by atoms with Gasteiger partial charge in [0.2, 0.25) is 0 Å². The van der Waals surface area contributed by atoms with E-state index in [2.05, 4.69) is 41.5 Å². The number of hydrogen-bond acceptors (Lipinski definition) is 6. The number of sulfone groups is 1. The summed E-state index contributed by atoms with van der Waals surface area (Å²) in [6.07, 6.45) is -0.776. The predicted octanol–water partition coefficient (Wildman–Crippen LogP) is 7.24. The minimum absolute atomic E-state index is 0.0626. The van der Waals surface area contributed by atoms with E-state index in [0.29, 0.717) is 42.9 Å². The van der Waals surface area contributed by atoms with E-state index in [0.717, 1.165) is 5.56 Å². The first-order valence-corrected chi connectivity index (χ1v) is 18.3. The number of rotatable bonds is 18. The minimum Gasteiger partial charge on any atom is -0.416 e. The highest BCUT2D eigenvalue weighted by atomic mass is 32.2. The predicted molar refractivity (Wildman–Crippen MR) is 165 cm³/mol. The quantitative estimate of drug-likeness (QED) is 0.112. The summed E-state index contributed by atoms with van der Waals surface area (Å²) in [4.78, 5) is 0.226. The van der Waals surface area contributed by atoms with Crippen LogP contribution in [0.1, 0.15) is 67.4 Å². The van der Waals surface area contributed by atoms with E-state index in [-0.39, 0.29) is 17.6 Å². The second-order valence-corrected chi connectivity index (χ2v) is 19.7. The number of benzene rings is 2. The van der Waals surface area contributed by atoms with Gasteiger partial charge in [0.05, 0.1) is 29.5 Å².